The monoisotopic (exact) mass is 149 g/mol. The zero-order valence-corrected chi connectivity index (χ0v) is 6.72. The van der Waals surface area contributed by atoms with Gasteiger partial charge in [0.05, 0.1) is 0 Å². The first-order valence-corrected chi connectivity index (χ1v) is 3.47. The SMILES string of the molecule is Cc1ccc(C)c(C=O)c1N. The van der Waals surface area contributed by atoms with Crippen LogP contribution in [0, 0.1) is 13.8 Å². The molecule has 2 heteroatoms. The van der Waals surface area contributed by atoms with E-state index in [0.29, 0.717) is 11.3 Å². The second kappa shape index (κ2) is 2.74. The van der Waals surface area contributed by atoms with Crippen molar-refractivity contribution in [3.05, 3.63) is 28.8 Å². The number of carbonyl (C=O) groups excluding carboxylic acids is 1. The van der Waals surface area contributed by atoms with E-state index in [1.807, 2.05) is 26.0 Å². The number of aryl methyl sites for hydroxylation is 2. The van der Waals surface area contributed by atoms with E-state index in [9.17, 15) is 4.79 Å². The standard InChI is InChI=1S/C9H11NO/c1-6-3-4-7(2)9(10)8(6)5-11/h3-5H,10H2,1-2H3. The van der Waals surface area contributed by atoms with Gasteiger partial charge in [0, 0.05) is 11.3 Å². The number of rotatable bonds is 1. The van der Waals surface area contributed by atoms with Crippen molar-refractivity contribution in [2.24, 2.45) is 0 Å². The van der Waals surface area contributed by atoms with Crippen LogP contribution < -0.4 is 5.73 Å². The molecule has 2 nitrogen and oxygen atoms in total. The number of anilines is 1. The lowest BCUT2D eigenvalue weighted by Gasteiger charge is -2.04. The lowest BCUT2D eigenvalue weighted by molar-refractivity contribution is 0.112. The minimum Gasteiger partial charge on any atom is -0.398 e. The van der Waals surface area contributed by atoms with Crippen molar-refractivity contribution in [1.82, 2.24) is 0 Å². The molecule has 0 heterocycles. The maximum Gasteiger partial charge on any atom is 0.152 e. The Morgan fingerprint density at radius 1 is 1.27 bits per heavy atom. The van der Waals surface area contributed by atoms with Gasteiger partial charge in [-0.1, -0.05) is 12.1 Å². The molecule has 0 atom stereocenters. The van der Waals surface area contributed by atoms with Gasteiger partial charge in [-0.15, -0.1) is 0 Å². The molecule has 0 aromatic heterocycles. The Balaban J connectivity index is 3.40. The fraction of sp³-hybridized carbons (Fsp3) is 0.222. The van der Waals surface area contributed by atoms with Crippen molar-refractivity contribution in [2.75, 3.05) is 5.73 Å². The predicted octanol–water partition coefficient (Wildman–Crippen LogP) is 1.70. The summed E-state index contributed by atoms with van der Waals surface area (Å²) in [4.78, 5) is 10.5. The van der Waals surface area contributed by atoms with Gasteiger partial charge in [0.15, 0.2) is 6.29 Å². The van der Waals surface area contributed by atoms with Gasteiger partial charge >= 0.3 is 0 Å². The summed E-state index contributed by atoms with van der Waals surface area (Å²) in [6, 6.07) is 3.81. The van der Waals surface area contributed by atoms with Crippen molar-refractivity contribution in [1.29, 1.82) is 0 Å². The van der Waals surface area contributed by atoms with E-state index in [4.69, 9.17) is 5.73 Å². The molecule has 58 valence electrons. The van der Waals surface area contributed by atoms with Gasteiger partial charge in [-0.3, -0.25) is 4.79 Å². The normalized spacial score (nSPS) is 9.64. The van der Waals surface area contributed by atoms with Crippen LogP contribution in [0.15, 0.2) is 12.1 Å². The number of aldehydes is 1. The fourth-order valence-corrected chi connectivity index (χ4v) is 1.01. The summed E-state index contributed by atoms with van der Waals surface area (Å²) in [7, 11) is 0. The van der Waals surface area contributed by atoms with Crippen molar-refractivity contribution in [2.45, 2.75) is 13.8 Å². The number of benzene rings is 1. The molecule has 1 rings (SSSR count). The van der Waals surface area contributed by atoms with Crippen molar-refractivity contribution in [3.63, 3.8) is 0 Å². The number of carbonyl (C=O) groups is 1. The quantitative estimate of drug-likeness (QED) is 0.487. The zero-order chi connectivity index (χ0) is 8.43. The second-order valence-electron chi connectivity index (χ2n) is 2.64. The molecule has 1 aromatic carbocycles. The smallest absolute Gasteiger partial charge is 0.152 e. The molecule has 0 aliphatic rings. The topological polar surface area (TPSA) is 43.1 Å². The minimum atomic E-state index is 0.597. The third-order valence-corrected chi connectivity index (χ3v) is 1.84. The molecule has 0 unspecified atom stereocenters. The van der Waals surface area contributed by atoms with Crippen LogP contribution in [-0.4, -0.2) is 6.29 Å². The van der Waals surface area contributed by atoms with Gasteiger partial charge in [0.2, 0.25) is 0 Å². The Hall–Kier alpha value is -1.31. The highest BCUT2D eigenvalue weighted by molar-refractivity contribution is 5.86. The third kappa shape index (κ3) is 1.24. The molecule has 0 bridgehead atoms. The third-order valence-electron chi connectivity index (χ3n) is 1.84. The second-order valence-corrected chi connectivity index (χ2v) is 2.64. The summed E-state index contributed by atoms with van der Waals surface area (Å²) in [6.07, 6.45) is 0.803. The molecule has 0 saturated carbocycles. The Kier molecular flexibility index (Phi) is 1.94. The Morgan fingerprint density at radius 2 is 1.82 bits per heavy atom. The summed E-state index contributed by atoms with van der Waals surface area (Å²) >= 11 is 0. The van der Waals surface area contributed by atoms with Gasteiger partial charge in [-0.05, 0) is 25.0 Å². The first-order chi connectivity index (χ1) is 5.16. The van der Waals surface area contributed by atoms with Crippen molar-refractivity contribution >= 4 is 12.0 Å². The zero-order valence-electron chi connectivity index (χ0n) is 6.72. The van der Waals surface area contributed by atoms with Gasteiger partial charge in [0.25, 0.3) is 0 Å². The van der Waals surface area contributed by atoms with E-state index in [1.165, 1.54) is 0 Å². The molecule has 0 radical (unpaired) electrons. The molecule has 0 saturated heterocycles. The lowest BCUT2D eigenvalue weighted by atomic mass is 10.0. The number of nitrogens with two attached hydrogens (primary N) is 1. The molecule has 0 spiro atoms. The largest absolute Gasteiger partial charge is 0.398 e. The maximum atomic E-state index is 10.5. The van der Waals surface area contributed by atoms with E-state index >= 15 is 0 Å². The van der Waals surface area contributed by atoms with Crippen LogP contribution in [-0.2, 0) is 0 Å². The number of nitrogen functional groups attached to an aromatic ring is 1. The fourth-order valence-electron chi connectivity index (χ4n) is 1.01. The van der Waals surface area contributed by atoms with Gasteiger partial charge in [-0.25, -0.2) is 0 Å². The van der Waals surface area contributed by atoms with Gasteiger partial charge in [-0.2, -0.15) is 0 Å². The van der Waals surface area contributed by atoms with Crippen LogP contribution >= 0.6 is 0 Å². The van der Waals surface area contributed by atoms with E-state index in [0.717, 1.165) is 17.4 Å². The molecule has 0 fully saturated rings. The summed E-state index contributed by atoms with van der Waals surface area (Å²) < 4.78 is 0. The van der Waals surface area contributed by atoms with E-state index < -0.39 is 0 Å². The average molecular weight is 149 g/mol. The molecule has 1 aromatic rings. The predicted molar refractivity (Wildman–Crippen MR) is 45.7 cm³/mol. The van der Waals surface area contributed by atoms with E-state index in [2.05, 4.69) is 0 Å². The highest BCUT2D eigenvalue weighted by Gasteiger charge is 2.02. The first-order valence-electron chi connectivity index (χ1n) is 3.47. The molecule has 2 N–H and O–H groups in total. The summed E-state index contributed by atoms with van der Waals surface area (Å²) in [5.41, 5.74) is 8.77. The van der Waals surface area contributed by atoms with Crippen molar-refractivity contribution in [3.8, 4) is 0 Å². The minimum absolute atomic E-state index is 0.597. The number of hydrogen-bond donors (Lipinski definition) is 1. The lowest BCUT2D eigenvalue weighted by Crippen LogP contribution is -1.98. The van der Waals surface area contributed by atoms with E-state index in [1.54, 1.807) is 0 Å². The summed E-state index contributed by atoms with van der Waals surface area (Å²) in [5.74, 6) is 0. The summed E-state index contributed by atoms with van der Waals surface area (Å²) in [6.45, 7) is 3.77. The molecular formula is C9H11NO. The highest BCUT2D eigenvalue weighted by Crippen LogP contribution is 2.18. The van der Waals surface area contributed by atoms with Crippen LogP contribution in [0.25, 0.3) is 0 Å². The molecule has 0 amide bonds. The van der Waals surface area contributed by atoms with Crippen LogP contribution in [0.4, 0.5) is 5.69 Å². The molecule has 11 heavy (non-hydrogen) atoms. The average Bonchev–Trinajstić information content (AvgIpc) is 1.99. The van der Waals surface area contributed by atoms with Gasteiger partial charge in [0.1, 0.15) is 0 Å². The molecule has 0 aliphatic heterocycles. The van der Waals surface area contributed by atoms with Gasteiger partial charge < -0.3 is 5.73 Å². The summed E-state index contributed by atoms with van der Waals surface area (Å²) in [5, 5.41) is 0. The molecular weight excluding hydrogens is 138 g/mol. The van der Waals surface area contributed by atoms with E-state index in [-0.39, 0.29) is 0 Å². The van der Waals surface area contributed by atoms with Crippen LogP contribution in [0.3, 0.4) is 0 Å². The van der Waals surface area contributed by atoms with Crippen LogP contribution in [0.5, 0.6) is 0 Å². The van der Waals surface area contributed by atoms with Crippen LogP contribution in [0.1, 0.15) is 21.5 Å². The number of hydrogen-bond acceptors (Lipinski definition) is 2. The molecule has 0 aliphatic carbocycles. The van der Waals surface area contributed by atoms with Crippen molar-refractivity contribution < 1.29 is 4.79 Å². The highest BCUT2D eigenvalue weighted by atomic mass is 16.1. The Labute approximate surface area is 66.0 Å². The first kappa shape index (κ1) is 7.79. The van der Waals surface area contributed by atoms with Crippen LogP contribution in [0.2, 0.25) is 0 Å². The Bertz CT molecular complexity index is 292. The maximum absolute atomic E-state index is 10.5. The Morgan fingerprint density at radius 3 is 2.27 bits per heavy atom.